The van der Waals surface area contributed by atoms with E-state index in [1.807, 2.05) is 0 Å². The highest BCUT2D eigenvalue weighted by Gasteiger charge is 2.44. The summed E-state index contributed by atoms with van der Waals surface area (Å²) in [4.78, 5) is 0. The molecule has 0 aromatic carbocycles. The number of ether oxygens (including phenoxy) is 2. The zero-order chi connectivity index (χ0) is 12.4. The first-order chi connectivity index (χ1) is 8.13. The van der Waals surface area contributed by atoms with Crippen LogP contribution in [0.3, 0.4) is 0 Å². The van der Waals surface area contributed by atoms with Gasteiger partial charge < -0.3 is 9.47 Å². The van der Waals surface area contributed by atoms with Gasteiger partial charge in [0, 0.05) is 19.6 Å². The Morgan fingerprint density at radius 1 is 1.06 bits per heavy atom. The fourth-order valence-electron chi connectivity index (χ4n) is 3.00. The van der Waals surface area contributed by atoms with E-state index in [4.69, 9.17) is 9.47 Å². The van der Waals surface area contributed by atoms with Crippen LogP contribution in [0, 0.1) is 11.8 Å². The number of methoxy groups -OCH3 is 1. The molecule has 0 N–H and O–H groups in total. The molecule has 2 aliphatic rings. The van der Waals surface area contributed by atoms with Crippen molar-refractivity contribution in [3.8, 4) is 0 Å². The molecule has 0 spiro atoms. The Bertz CT molecular complexity index is 240. The number of halogens is 2. The fraction of sp³-hybridized carbons (Fsp3) is 1.00. The monoisotopic (exact) mass is 248 g/mol. The van der Waals surface area contributed by atoms with Crippen molar-refractivity contribution in [3.63, 3.8) is 0 Å². The van der Waals surface area contributed by atoms with E-state index in [1.165, 1.54) is 7.11 Å². The molecule has 4 heteroatoms. The van der Waals surface area contributed by atoms with Gasteiger partial charge in [0.1, 0.15) is 6.17 Å². The summed E-state index contributed by atoms with van der Waals surface area (Å²) in [6.45, 7) is 2.81. The normalized spacial score (nSPS) is 48.0. The molecule has 1 heterocycles. The molecule has 6 atom stereocenters. The minimum atomic E-state index is -1.50. The average Bonchev–Trinajstić information content (AvgIpc) is 2.34. The molecule has 2 rings (SSSR count). The molecule has 2 fully saturated rings. The summed E-state index contributed by atoms with van der Waals surface area (Å²) in [7, 11) is 1.45. The van der Waals surface area contributed by atoms with Crippen molar-refractivity contribution >= 4 is 0 Å². The van der Waals surface area contributed by atoms with E-state index in [0.29, 0.717) is 25.4 Å². The highest BCUT2D eigenvalue weighted by atomic mass is 19.2. The second kappa shape index (κ2) is 5.61. The van der Waals surface area contributed by atoms with Crippen LogP contribution in [0.1, 0.15) is 32.6 Å². The summed E-state index contributed by atoms with van der Waals surface area (Å²) in [5.74, 6) is 0.254. The van der Waals surface area contributed by atoms with Crippen LogP contribution in [0.5, 0.6) is 0 Å². The summed E-state index contributed by atoms with van der Waals surface area (Å²) >= 11 is 0. The quantitative estimate of drug-likeness (QED) is 0.748. The molecule has 1 saturated heterocycles. The van der Waals surface area contributed by atoms with Gasteiger partial charge in [0.25, 0.3) is 0 Å². The molecule has 0 aromatic rings. The van der Waals surface area contributed by atoms with Crippen molar-refractivity contribution in [3.05, 3.63) is 0 Å². The molecule has 0 bridgehead atoms. The third kappa shape index (κ3) is 2.79. The number of hydrogen-bond donors (Lipinski definition) is 0. The van der Waals surface area contributed by atoms with E-state index in [-0.39, 0.29) is 12.0 Å². The van der Waals surface area contributed by atoms with E-state index >= 15 is 0 Å². The van der Waals surface area contributed by atoms with Gasteiger partial charge in [0.2, 0.25) is 0 Å². The van der Waals surface area contributed by atoms with Crippen LogP contribution in [0.25, 0.3) is 0 Å². The molecule has 2 nitrogen and oxygen atoms in total. The van der Waals surface area contributed by atoms with E-state index in [9.17, 15) is 8.78 Å². The molecule has 1 saturated carbocycles. The Labute approximate surface area is 102 Å². The maximum Gasteiger partial charge on any atom is 0.157 e. The van der Waals surface area contributed by atoms with Crippen LogP contribution in [0.4, 0.5) is 8.78 Å². The van der Waals surface area contributed by atoms with Gasteiger partial charge in [-0.05, 0) is 31.6 Å². The van der Waals surface area contributed by atoms with Crippen molar-refractivity contribution in [2.24, 2.45) is 11.8 Å². The molecule has 17 heavy (non-hydrogen) atoms. The molecule has 5 unspecified atom stereocenters. The largest absolute Gasteiger partial charge is 0.378 e. The van der Waals surface area contributed by atoms with Crippen molar-refractivity contribution in [2.75, 3.05) is 13.7 Å². The summed E-state index contributed by atoms with van der Waals surface area (Å²) in [6.07, 6.45) is -0.443. The lowest BCUT2D eigenvalue weighted by molar-refractivity contribution is -0.116. The zero-order valence-electron chi connectivity index (χ0n) is 10.6. The topological polar surface area (TPSA) is 18.5 Å². The van der Waals surface area contributed by atoms with Crippen LogP contribution in [0.2, 0.25) is 0 Å². The van der Waals surface area contributed by atoms with Crippen LogP contribution in [-0.2, 0) is 9.47 Å². The predicted molar refractivity (Wildman–Crippen MR) is 61.5 cm³/mol. The minimum absolute atomic E-state index is 0.0998. The first kappa shape index (κ1) is 13.2. The van der Waals surface area contributed by atoms with Gasteiger partial charge >= 0.3 is 0 Å². The number of rotatable bonds is 2. The molecule has 0 radical (unpaired) electrons. The van der Waals surface area contributed by atoms with E-state index in [0.717, 1.165) is 12.8 Å². The second-order valence-electron chi connectivity index (χ2n) is 5.46. The van der Waals surface area contributed by atoms with Crippen molar-refractivity contribution in [1.29, 1.82) is 0 Å². The lowest BCUT2D eigenvalue weighted by Gasteiger charge is -2.40. The summed E-state index contributed by atoms with van der Waals surface area (Å²) in [6, 6.07) is 0. The van der Waals surface area contributed by atoms with Crippen LogP contribution in [-0.4, -0.2) is 38.3 Å². The Hall–Kier alpha value is -0.220. The standard InChI is InChI=1S/C13H22F2O2/c1-8-3-5-10(17-7-8)9-4-6-11(16-2)13(15)12(9)14/h8-13H,3-7H2,1-2H3/t8?,9-,10?,11?,12?,13?/m0/s1. The highest BCUT2D eigenvalue weighted by Crippen LogP contribution is 2.37. The molecular formula is C13H22F2O2. The molecule has 0 amide bonds. The van der Waals surface area contributed by atoms with Gasteiger partial charge in [0.15, 0.2) is 6.17 Å². The van der Waals surface area contributed by atoms with Crippen molar-refractivity contribution in [1.82, 2.24) is 0 Å². The van der Waals surface area contributed by atoms with E-state index < -0.39 is 18.4 Å². The third-order valence-electron chi connectivity index (χ3n) is 4.17. The number of hydrogen-bond acceptors (Lipinski definition) is 2. The summed E-state index contributed by atoms with van der Waals surface area (Å²) in [5, 5.41) is 0. The molecular weight excluding hydrogens is 226 g/mol. The van der Waals surface area contributed by atoms with Gasteiger partial charge in [-0.15, -0.1) is 0 Å². The maximum atomic E-state index is 14.0. The number of alkyl halides is 2. The van der Waals surface area contributed by atoms with Crippen LogP contribution < -0.4 is 0 Å². The van der Waals surface area contributed by atoms with Crippen molar-refractivity contribution in [2.45, 2.75) is 57.2 Å². The van der Waals surface area contributed by atoms with Crippen LogP contribution >= 0.6 is 0 Å². The van der Waals surface area contributed by atoms with Crippen molar-refractivity contribution < 1.29 is 18.3 Å². The maximum absolute atomic E-state index is 14.0. The van der Waals surface area contributed by atoms with Crippen LogP contribution in [0.15, 0.2) is 0 Å². The average molecular weight is 248 g/mol. The molecule has 100 valence electrons. The minimum Gasteiger partial charge on any atom is -0.378 e. The molecule has 1 aliphatic heterocycles. The van der Waals surface area contributed by atoms with Gasteiger partial charge in [-0.25, -0.2) is 8.78 Å². The highest BCUT2D eigenvalue weighted by molar-refractivity contribution is 4.93. The fourth-order valence-corrected chi connectivity index (χ4v) is 3.00. The molecule has 1 aliphatic carbocycles. The SMILES string of the molecule is COC1CC[C@@H](C2CCC(C)CO2)C(F)C1F. The Morgan fingerprint density at radius 3 is 2.41 bits per heavy atom. The first-order valence-electron chi connectivity index (χ1n) is 6.56. The van der Waals surface area contributed by atoms with E-state index in [2.05, 4.69) is 6.92 Å². The van der Waals surface area contributed by atoms with Gasteiger partial charge in [-0.3, -0.25) is 0 Å². The smallest absolute Gasteiger partial charge is 0.157 e. The van der Waals surface area contributed by atoms with Gasteiger partial charge in [0.05, 0.1) is 12.2 Å². The Kier molecular flexibility index (Phi) is 4.36. The summed E-state index contributed by atoms with van der Waals surface area (Å²) < 4.78 is 38.4. The molecule has 0 aromatic heterocycles. The lowest BCUT2D eigenvalue weighted by Crippen LogP contribution is -2.48. The third-order valence-corrected chi connectivity index (χ3v) is 4.17. The second-order valence-corrected chi connectivity index (χ2v) is 5.46. The van der Waals surface area contributed by atoms with Gasteiger partial charge in [-0.1, -0.05) is 6.92 Å². The Morgan fingerprint density at radius 2 is 1.82 bits per heavy atom. The predicted octanol–water partition coefficient (Wildman–Crippen LogP) is 2.90. The lowest BCUT2D eigenvalue weighted by atomic mass is 9.78. The zero-order valence-corrected chi connectivity index (χ0v) is 10.6. The van der Waals surface area contributed by atoms with Gasteiger partial charge in [-0.2, -0.15) is 0 Å². The van der Waals surface area contributed by atoms with E-state index in [1.54, 1.807) is 0 Å². The Balaban J connectivity index is 1.93. The summed E-state index contributed by atoms with van der Waals surface area (Å²) in [5.41, 5.74) is 0. The first-order valence-corrected chi connectivity index (χ1v) is 6.56.